The molecule has 2 atom stereocenters. The first kappa shape index (κ1) is 13.2. The van der Waals surface area contributed by atoms with E-state index in [0.717, 1.165) is 0 Å². The minimum Gasteiger partial charge on any atom is -0.480 e. The number of carboxylic acids is 1. The second-order valence-corrected chi connectivity index (χ2v) is 3.59. The maximum absolute atomic E-state index is 11.6. The third-order valence-corrected chi connectivity index (χ3v) is 2.36. The summed E-state index contributed by atoms with van der Waals surface area (Å²) in [7, 11) is 1.27. The summed E-state index contributed by atoms with van der Waals surface area (Å²) in [6.07, 6.45) is 0. The van der Waals surface area contributed by atoms with Crippen molar-refractivity contribution in [3.63, 3.8) is 0 Å². The van der Waals surface area contributed by atoms with Crippen LogP contribution >= 0.6 is 0 Å². The van der Waals surface area contributed by atoms with Gasteiger partial charge in [0.15, 0.2) is 0 Å². The molecule has 0 aliphatic carbocycles. The summed E-state index contributed by atoms with van der Waals surface area (Å²) in [5.41, 5.74) is 0.674. The molecule has 0 aliphatic heterocycles. The van der Waals surface area contributed by atoms with E-state index in [1.54, 1.807) is 24.3 Å². The van der Waals surface area contributed by atoms with Crippen molar-refractivity contribution < 1.29 is 19.4 Å². The van der Waals surface area contributed by atoms with E-state index in [9.17, 15) is 9.59 Å². The van der Waals surface area contributed by atoms with Gasteiger partial charge < -0.3 is 9.84 Å². The zero-order valence-corrected chi connectivity index (χ0v) is 9.71. The Bertz CT molecular complexity index is 391. The van der Waals surface area contributed by atoms with Gasteiger partial charge in [-0.25, -0.2) is 4.79 Å². The van der Waals surface area contributed by atoms with Crippen molar-refractivity contribution in [2.45, 2.75) is 19.0 Å². The standard InChI is InChI=1S/C12H15NO4/c1-8(11(14)15)13-10(12(16)17-2)9-6-4-3-5-7-9/h3-8,10,13H,1-2H3,(H,14,15). The van der Waals surface area contributed by atoms with Crippen LogP contribution in [0.25, 0.3) is 0 Å². The van der Waals surface area contributed by atoms with E-state index in [1.165, 1.54) is 14.0 Å². The Morgan fingerprint density at radius 1 is 1.29 bits per heavy atom. The van der Waals surface area contributed by atoms with Gasteiger partial charge in [-0.3, -0.25) is 10.1 Å². The molecule has 0 spiro atoms. The average Bonchev–Trinajstić information content (AvgIpc) is 2.35. The van der Waals surface area contributed by atoms with Crippen molar-refractivity contribution in [2.75, 3.05) is 7.11 Å². The van der Waals surface area contributed by atoms with Crippen LogP contribution in [0.1, 0.15) is 18.5 Å². The Balaban J connectivity index is 2.89. The van der Waals surface area contributed by atoms with Gasteiger partial charge in [-0.05, 0) is 12.5 Å². The van der Waals surface area contributed by atoms with Crippen LogP contribution in [0, 0.1) is 0 Å². The third kappa shape index (κ3) is 3.57. The maximum atomic E-state index is 11.6. The summed E-state index contributed by atoms with van der Waals surface area (Å²) in [4.78, 5) is 22.4. The largest absolute Gasteiger partial charge is 0.480 e. The molecule has 92 valence electrons. The SMILES string of the molecule is COC(=O)C(NC(C)C(=O)O)c1ccccc1. The normalized spacial score (nSPS) is 13.8. The Hall–Kier alpha value is -1.88. The van der Waals surface area contributed by atoms with Gasteiger partial charge in [-0.1, -0.05) is 30.3 Å². The van der Waals surface area contributed by atoms with Crippen LogP contribution in [0.3, 0.4) is 0 Å². The number of aliphatic carboxylic acids is 1. The van der Waals surface area contributed by atoms with Crippen LogP contribution in [0.15, 0.2) is 30.3 Å². The molecular weight excluding hydrogens is 222 g/mol. The Labute approximate surface area is 99.4 Å². The molecule has 0 heterocycles. The molecule has 0 aliphatic rings. The van der Waals surface area contributed by atoms with E-state index in [2.05, 4.69) is 10.1 Å². The highest BCUT2D eigenvalue weighted by atomic mass is 16.5. The third-order valence-electron chi connectivity index (χ3n) is 2.36. The summed E-state index contributed by atoms with van der Waals surface area (Å²) in [5.74, 6) is -1.53. The second-order valence-electron chi connectivity index (χ2n) is 3.59. The van der Waals surface area contributed by atoms with Gasteiger partial charge in [0.1, 0.15) is 12.1 Å². The monoisotopic (exact) mass is 237 g/mol. The zero-order chi connectivity index (χ0) is 12.8. The number of carbonyl (C=O) groups excluding carboxylic acids is 1. The molecule has 0 saturated heterocycles. The fourth-order valence-electron chi connectivity index (χ4n) is 1.38. The molecule has 1 aromatic carbocycles. The van der Waals surface area contributed by atoms with Crippen molar-refractivity contribution in [3.05, 3.63) is 35.9 Å². The number of rotatable bonds is 5. The Morgan fingerprint density at radius 2 is 1.88 bits per heavy atom. The molecule has 1 aromatic rings. The lowest BCUT2D eigenvalue weighted by Gasteiger charge is -2.19. The number of hydrogen-bond acceptors (Lipinski definition) is 4. The molecule has 0 amide bonds. The van der Waals surface area contributed by atoms with E-state index in [4.69, 9.17) is 5.11 Å². The van der Waals surface area contributed by atoms with Gasteiger partial charge in [0.05, 0.1) is 7.11 Å². The lowest BCUT2D eigenvalue weighted by molar-refractivity contribution is -0.144. The number of carboxylic acid groups (broad SMARTS) is 1. The van der Waals surface area contributed by atoms with Crippen LogP contribution in [0.4, 0.5) is 0 Å². The molecule has 1 rings (SSSR count). The number of nitrogens with one attached hydrogen (secondary N) is 1. The molecule has 5 nitrogen and oxygen atoms in total. The maximum Gasteiger partial charge on any atom is 0.327 e. The number of benzene rings is 1. The summed E-state index contributed by atoms with van der Waals surface area (Å²) in [6, 6.07) is 7.24. The highest BCUT2D eigenvalue weighted by molar-refractivity contribution is 5.79. The Morgan fingerprint density at radius 3 is 2.35 bits per heavy atom. The predicted molar refractivity (Wildman–Crippen MR) is 61.4 cm³/mol. The van der Waals surface area contributed by atoms with Gasteiger partial charge in [0.25, 0.3) is 0 Å². The van der Waals surface area contributed by atoms with E-state index in [0.29, 0.717) is 5.56 Å². The second kappa shape index (κ2) is 6.00. The first-order chi connectivity index (χ1) is 8.06. The van der Waals surface area contributed by atoms with Gasteiger partial charge in [0, 0.05) is 0 Å². The molecule has 17 heavy (non-hydrogen) atoms. The first-order valence-corrected chi connectivity index (χ1v) is 5.18. The fraction of sp³-hybridized carbons (Fsp3) is 0.333. The summed E-state index contributed by atoms with van der Waals surface area (Å²) in [6.45, 7) is 1.47. The molecule has 0 bridgehead atoms. The number of hydrogen-bond donors (Lipinski definition) is 2. The molecule has 0 radical (unpaired) electrons. The Kier molecular flexibility index (Phi) is 4.66. The quantitative estimate of drug-likeness (QED) is 0.746. The van der Waals surface area contributed by atoms with Crippen molar-refractivity contribution in [2.24, 2.45) is 0 Å². The van der Waals surface area contributed by atoms with Gasteiger partial charge in [-0.15, -0.1) is 0 Å². The van der Waals surface area contributed by atoms with Crippen LogP contribution in [-0.2, 0) is 14.3 Å². The smallest absolute Gasteiger partial charge is 0.327 e. The van der Waals surface area contributed by atoms with E-state index in [-0.39, 0.29) is 0 Å². The van der Waals surface area contributed by atoms with Crippen LogP contribution in [-0.4, -0.2) is 30.2 Å². The fourth-order valence-corrected chi connectivity index (χ4v) is 1.38. The number of esters is 1. The van der Waals surface area contributed by atoms with Crippen molar-refractivity contribution in [3.8, 4) is 0 Å². The number of ether oxygens (including phenoxy) is 1. The van der Waals surface area contributed by atoms with Gasteiger partial charge in [0.2, 0.25) is 0 Å². The van der Waals surface area contributed by atoms with Crippen molar-refractivity contribution in [1.29, 1.82) is 0 Å². The summed E-state index contributed by atoms with van der Waals surface area (Å²) >= 11 is 0. The van der Waals surface area contributed by atoms with E-state index < -0.39 is 24.0 Å². The topological polar surface area (TPSA) is 75.6 Å². The lowest BCUT2D eigenvalue weighted by Crippen LogP contribution is -2.40. The highest BCUT2D eigenvalue weighted by Crippen LogP contribution is 2.14. The first-order valence-electron chi connectivity index (χ1n) is 5.18. The molecule has 2 N–H and O–H groups in total. The van der Waals surface area contributed by atoms with Crippen molar-refractivity contribution >= 4 is 11.9 Å². The minimum atomic E-state index is -1.02. The zero-order valence-electron chi connectivity index (χ0n) is 9.71. The van der Waals surface area contributed by atoms with Crippen LogP contribution in [0.5, 0.6) is 0 Å². The minimum absolute atomic E-state index is 0.510. The highest BCUT2D eigenvalue weighted by Gasteiger charge is 2.25. The average molecular weight is 237 g/mol. The molecule has 0 saturated carbocycles. The van der Waals surface area contributed by atoms with E-state index in [1.807, 2.05) is 6.07 Å². The molecule has 0 fully saturated rings. The van der Waals surface area contributed by atoms with Crippen LogP contribution in [0.2, 0.25) is 0 Å². The summed E-state index contributed by atoms with van der Waals surface area (Å²) < 4.78 is 4.65. The van der Waals surface area contributed by atoms with Gasteiger partial charge >= 0.3 is 11.9 Å². The van der Waals surface area contributed by atoms with Crippen molar-refractivity contribution in [1.82, 2.24) is 5.32 Å². The van der Waals surface area contributed by atoms with Gasteiger partial charge in [-0.2, -0.15) is 0 Å². The number of methoxy groups -OCH3 is 1. The molecule has 5 heteroatoms. The van der Waals surface area contributed by atoms with E-state index >= 15 is 0 Å². The van der Waals surface area contributed by atoms with Crippen LogP contribution < -0.4 is 5.32 Å². The molecule has 0 aromatic heterocycles. The summed E-state index contributed by atoms with van der Waals surface area (Å²) in [5, 5.41) is 11.5. The predicted octanol–water partition coefficient (Wildman–Crippen LogP) is 0.963. The molecular formula is C12H15NO4. The lowest BCUT2D eigenvalue weighted by atomic mass is 10.1. The number of carbonyl (C=O) groups is 2. The molecule has 2 unspecified atom stereocenters.